The van der Waals surface area contributed by atoms with Crippen molar-refractivity contribution in [2.75, 3.05) is 39.6 Å². The van der Waals surface area contributed by atoms with E-state index < -0.39 is 97.5 Å². The molecule has 0 saturated heterocycles. The molecular formula is C64H124O17P2. The molecule has 0 heterocycles. The molecular weight excluding hydrogens is 1100 g/mol. The number of phosphoric ester groups is 2. The Labute approximate surface area is 505 Å². The summed E-state index contributed by atoms with van der Waals surface area (Å²) in [5.74, 6) is -0.600. The molecule has 5 atom stereocenters. The summed E-state index contributed by atoms with van der Waals surface area (Å²) in [5, 5.41) is 10.5. The van der Waals surface area contributed by atoms with E-state index in [-0.39, 0.29) is 25.7 Å². The number of phosphoric acid groups is 2. The summed E-state index contributed by atoms with van der Waals surface area (Å²) in [4.78, 5) is 71.9. The molecule has 17 nitrogen and oxygen atoms in total. The monoisotopic (exact) mass is 1230 g/mol. The van der Waals surface area contributed by atoms with E-state index in [0.29, 0.717) is 25.7 Å². The third-order valence-electron chi connectivity index (χ3n) is 14.7. The van der Waals surface area contributed by atoms with E-state index in [1.807, 2.05) is 0 Å². The van der Waals surface area contributed by atoms with Crippen LogP contribution in [0.25, 0.3) is 0 Å². The third kappa shape index (κ3) is 58.8. The summed E-state index contributed by atoms with van der Waals surface area (Å²) >= 11 is 0. The van der Waals surface area contributed by atoms with Crippen molar-refractivity contribution in [2.24, 2.45) is 11.8 Å². The fourth-order valence-electron chi connectivity index (χ4n) is 9.53. The molecule has 0 radical (unpaired) electrons. The van der Waals surface area contributed by atoms with Gasteiger partial charge in [0, 0.05) is 25.7 Å². The third-order valence-corrected chi connectivity index (χ3v) is 16.6. The highest BCUT2D eigenvalue weighted by Crippen LogP contribution is 2.45. The number of hydrogen-bond donors (Lipinski definition) is 3. The zero-order valence-corrected chi connectivity index (χ0v) is 55.3. The topological polar surface area (TPSA) is 237 Å². The van der Waals surface area contributed by atoms with Gasteiger partial charge in [-0.1, -0.05) is 266 Å². The van der Waals surface area contributed by atoms with Crippen LogP contribution >= 0.6 is 15.6 Å². The Morgan fingerprint density at radius 3 is 0.819 bits per heavy atom. The molecule has 19 heteroatoms. The number of rotatable bonds is 63. The maximum absolute atomic E-state index is 13.0. The van der Waals surface area contributed by atoms with Crippen LogP contribution < -0.4 is 0 Å². The first-order valence-corrected chi connectivity index (χ1v) is 36.5. The van der Waals surface area contributed by atoms with Gasteiger partial charge in [0.25, 0.3) is 0 Å². The van der Waals surface area contributed by atoms with Crippen LogP contribution in [-0.4, -0.2) is 96.7 Å². The summed E-state index contributed by atoms with van der Waals surface area (Å²) in [6, 6.07) is 0. The Morgan fingerprint density at radius 1 is 0.325 bits per heavy atom. The Balaban J connectivity index is 5.17. The zero-order valence-electron chi connectivity index (χ0n) is 53.5. The van der Waals surface area contributed by atoms with Gasteiger partial charge < -0.3 is 33.8 Å². The molecule has 0 aliphatic heterocycles. The average molecular weight is 1230 g/mol. The molecule has 0 aromatic rings. The van der Waals surface area contributed by atoms with Gasteiger partial charge in [-0.15, -0.1) is 0 Å². The summed E-state index contributed by atoms with van der Waals surface area (Å²) < 4.78 is 67.8. The van der Waals surface area contributed by atoms with E-state index in [1.165, 1.54) is 128 Å². The first-order valence-electron chi connectivity index (χ1n) is 33.5. The molecule has 83 heavy (non-hydrogen) atoms. The number of hydrogen-bond acceptors (Lipinski definition) is 15. The van der Waals surface area contributed by atoms with Crippen LogP contribution in [0.4, 0.5) is 0 Å². The lowest BCUT2D eigenvalue weighted by molar-refractivity contribution is -0.161. The van der Waals surface area contributed by atoms with Gasteiger partial charge in [-0.05, 0) is 37.5 Å². The van der Waals surface area contributed by atoms with E-state index in [1.54, 1.807) is 0 Å². The number of carbonyl (C=O) groups is 4. The molecule has 492 valence electrons. The fraction of sp³-hybridized carbons (Fsp3) is 0.938. The van der Waals surface area contributed by atoms with Gasteiger partial charge in [-0.25, -0.2) is 9.13 Å². The van der Waals surface area contributed by atoms with Crippen molar-refractivity contribution in [1.82, 2.24) is 0 Å². The molecule has 0 spiro atoms. The van der Waals surface area contributed by atoms with E-state index >= 15 is 0 Å². The number of carbonyl (C=O) groups excluding carboxylic acids is 4. The van der Waals surface area contributed by atoms with Crippen LogP contribution in [-0.2, 0) is 65.4 Å². The predicted octanol–water partition coefficient (Wildman–Crippen LogP) is 17.7. The van der Waals surface area contributed by atoms with Crippen LogP contribution in [0.2, 0.25) is 0 Å². The van der Waals surface area contributed by atoms with Gasteiger partial charge in [0.1, 0.15) is 19.3 Å². The first-order chi connectivity index (χ1) is 39.9. The molecule has 0 fully saturated rings. The lowest BCUT2D eigenvalue weighted by Crippen LogP contribution is -2.30. The summed E-state index contributed by atoms with van der Waals surface area (Å²) in [6.45, 7) is 9.41. The minimum atomic E-state index is -4.94. The van der Waals surface area contributed by atoms with E-state index in [2.05, 4.69) is 41.5 Å². The Kier molecular flexibility index (Phi) is 55.2. The molecule has 0 aromatic heterocycles. The highest BCUT2D eigenvalue weighted by Gasteiger charge is 2.30. The summed E-state index contributed by atoms with van der Waals surface area (Å²) in [6.07, 6.45) is 39.3. The predicted molar refractivity (Wildman–Crippen MR) is 331 cm³/mol. The molecule has 0 aromatic carbocycles. The summed E-state index contributed by atoms with van der Waals surface area (Å²) in [7, 11) is -9.88. The largest absolute Gasteiger partial charge is 0.472 e. The maximum Gasteiger partial charge on any atom is 0.472 e. The maximum atomic E-state index is 13.0. The number of aliphatic hydroxyl groups excluding tert-OH is 1. The smallest absolute Gasteiger partial charge is 0.462 e. The van der Waals surface area contributed by atoms with E-state index in [0.717, 1.165) is 108 Å². The van der Waals surface area contributed by atoms with Gasteiger partial charge in [0.2, 0.25) is 0 Å². The molecule has 0 aliphatic carbocycles. The zero-order chi connectivity index (χ0) is 61.5. The van der Waals surface area contributed by atoms with Crippen molar-refractivity contribution in [3.63, 3.8) is 0 Å². The minimum Gasteiger partial charge on any atom is -0.462 e. The lowest BCUT2D eigenvalue weighted by atomic mass is 10.0. The average Bonchev–Trinajstić information content (AvgIpc) is 3.46. The van der Waals surface area contributed by atoms with Crippen LogP contribution in [0.3, 0.4) is 0 Å². The van der Waals surface area contributed by atoms with Gasteiger partial charge >= 0.3 is 39.5 Å². The van der Waals surface area contributed by atoms with Crippen LogP contribution in [0.15, 0.2) is 0 Å². The van der Waals surface area contributed by atoms with Crippen molar-refractivity contribution in [3.05, 3.63) is 0 Å². The fourth-order valence-corrected chi connectivity index (χ4v) is 11.1. The second-order valence-corrected chi connectivity index (χ2v) is 27.0. The Hall–Kier alpha value is -1.94. The first kappa shape index (κ1) is 81.1. The number of aliphatic hydroxyl groups is 1. The molecule has 0 saturated carbocycles. The van der Waals surface area contributed by atoms with Crippen molar-refractivity contribution in [3.8, 4) is 0 Å². The quantitative estimate of drug-likeness (QED) is 0.0222. The standard InChI is InChI=1S/C64H124O17P2/c1-7-9-11-13-14-22-30-36-42-48-63(68)80-59(52-74-61(66)46-40-32-12-10-8-2)54-78-82(70,71)76-50-58(65)51-77-83(72,73)79-55-60(53-75-62(67)47-41-35-29-25-21-20-24-28-34-39-45-57(5)6)81-64(69)49-43-37-31-26-19-17-15-16-18-23-27-33-38-44-56(3)4/h56-60,65H,7-55H2,1-6H3,(H,70,71)(H,72,73)/t58-,59+,60+/m0/s1. The number of esters is 4. The van der Waals surface area contributed by atoms with Crippen LogP contribution in [0.1, 0.15) is 318 Å². The van der Waals surface area contributed by atoms with Gasteiger partial charge in [0.05, 0.1) is 26.4 Å². The van der Waals surface area contributed by atoms with Gasteiger partial charge in [-0.3, -0.25) is 37.3 Å². The highest BCUT2D eigenvalue weighted by molar-refractivity contribution is 7.47. The number of unbranched alkanes of at least 4 members (excludes halogenated alkanes) is 33. The molecule has 0 bridgehead atoms. The molecule has 0 aliphatic rings. The Morgan fingerprint density at radius 2 is 0.554 bits per heavy atom. The van der Waals surface area contributed by atoms with Crippen LogP contribution in [0.5, 0.6) is 0 Å². The normalized spacial score (nSPS) is 14.3. The molecule has 2 unspecified atom stereocenters. The van der Waals surface area contributed by atoms with Gasteiger partial charge in [0.15, 0.2) is 12.2 Å². The second-order valence-electron chi connectivity index (χ2n) is 24.1. The van der Waals surface area contributed by atoms with Crippen LogP contribution in [0, 0.1) is 11.8 Å². The second kappa shape index (κ2) is 56.6. The Bertz CT molecular complexity index is 1630. The minimum absolute atomic E-state index is 0.105. The highest BCUT2D eigenvalue weighted by atomic mass is 31.2. The van der Waals surface area contributed by atoms with Gasteiger partial charge in [-0.2, -0.15) is 0 Å². The van der Waals surface area contributed by atoms with Crippen molar-refractivity contribution < 1.29 is 80.2 Å². The van der Waals surface area contributed by atoms with E-state index in [4.69, 9.17) is 37.0 Å². The number of ether oxygens (including phenoxy) is 4. The molecule has 0 rings (SSSR count). The van der Waals surface area contributed by atoms with E-state index in [9.17, 15) is 43.2 Å². The van der Waals surface area contributed by atoms with Crippen molar-refractivity contribution in [2.45, 2.75) is 336 Å². The molecule has 0 amide bonds. The SMILES string of the molecule is CCCCCCCCCCCC(=O)O[C@H](COC(=O)CCCCCCC)COP(=O)(O)OC[C@H](O)COP(=O)(O)OC[C@@H](COC(=O)CCCCCCCCCCCCC(C)C)OC(=O)CCCCCCCCCCCCCCCC(C)C. The summed E-state index contributed by atoms with van der Waals surface area (Å²) in [5.41, 5.74) is 0. The van der Waals surface area contributed by atoms with Crippen molar-refractivity contribution in [1.29, 1.82) is 0 Å². The molecule has 3 N–H and O–H groups in total. The van der Waals surface area contributed by atoms with Crippen molar-refractivity contribution >= 4 is 39.5 Å². The lowest BCUT2D eigenvalue weighted by Gasteiger charge is -2.21.